The molecule has 6 atom stereocenters. The maximum absolute atomic E-state index is 11.3. The molecule has 4 heteroatoms. The van der Waals surface area contributed by atoms with Gasteiger partial charge in [0.1, 0.15) is 12.2 Å². The molecule has 0 N–H and O–H groups in total. The second-order valence-electron chi connectivity index (χ2n) is 8.44. The molecular formula is C18H26O4. The quantitative estimate of drug-likeness (QED) is 0.578. The molecule has 5 rings (SSSR count). The van der Waals surface area contributed by atoms with E-state index in [1.54, 1.807) is 0 Å². The zero-order valence-electron chi connectivity index (χ0n) is 13.6. The number of carbonyl (C=O) groups excluding carboxylic acids is 1. The second-order valence-corrected chi connectivity index (χ2v) is 8.44. The van der Waals surface area contributed by atoms with Gasteiger partial charge in [-0.1, -0.05) is 19.8 Å². The molecule has 4 aliphatic carbocycles. The smallest absolute Gasteiger partial charge is 0.302 e. The van der Waals surface area contributed by atoms with Crippen molar-refractivity contribution in [1.29, 1.82) is 0 Å². The van der Waals surface area contributed by atoms with Crippen molar-refractivity contribution >= 4 is 5.97 Å². The highest BCUT2D eigenvalue weighted by Gasteiger charge is 2.92. The summed E-state index contributed by atoms with van der Waals surface area (Å²) < 4.78 is 17.9. The van der Waals surface area contributed by atoms with Crippen LogP contribution in [0.4, 0.5) is 0 Å². The van der Waals surface area contributed by atoms with Gasteiger partial charge >= 0.3 is 5.97 Å². The number of hydrogen-bond donors (Lipinski definition) is 0. The van der Waals surface area contributed by atoms with E-state index in [1.807, 2.05) is 0 Å². The Kier molecular flexibility index (Phi) is 2.55. The predicted octanol–water partition coefficient (Wildman–Crippen LogP) is 3.18. The van der Waals surface area contributed by atoms with E-state index in [4.69, 9.17) is 14.2 Å². The summed E-state index contributed by atoms with van der Waals surface area (Å²) in [4.78, 5) is 11.3. The molecule has 0 aromatic carbocycles. The van der Waals surface area contributed by atoms with Crippen LogP contribution in [0.2, 0.25) is 0 Å². The standard InChI is InChI=1S/C18H26O4/c1-3-17(6-4-5-7-17)22-15-14(21-15)12-8-16-9-13(20-11(2)19)18(12,16)10-16/h12-15H,3-10H2,1-2H3. The van der Waals surface area contributed by atoms with Crippen LogP contribution in [0.25, 0.3) is 0 Å². The van der Waals surface area contributed by atoms with E-state index in [2.05, 4.69) is 6.92 Å². The summed E-state index contributed by atoms with van der Waals surface area (Å²) in [5.74, 6) is 0.428. The molecular weight excluding hydrogens is 280 g/mol. The zero-order chi connectivity index (χ0) is 15.2. The van der Waals surface area contributed by atoms with Gasteiger partial charge in [-0.05, 0) is 43.9 Å². The van der Waals surface area contributed by atoms with Gasteiger partial charge < -0.3 is 14.2 Å². The highest BCUT2D eigenvalue weighted by Crippen LogP contribution is 2.92. The Morgan fingerprint density at radius 3 is 2.64 bits per heavy atom. The van der Waals surface area contributed by atoms with Crippen LogP contribution >= 0.6 is 0 Å². The zero-order valence-corrected chi connectivity index (χ0v) is 13.6. The van der Waals surface area contributed by atoms with E-state index in [1.165, 1.54) is 45.4 Å². The normalized spacial score (nSPS) is 52.8. The van der Waals surface area contributed by atoms with Crippen LogP contribution in [-0.4, -0.2) is 30.1 Å². The average Bonchev–Trinajstić information content (AvgIpc) is 3.13. The summed E-state index contributed by atoms with van der Waals surface area (Å²) >= 11 is 0. The van der Waals surface area contributed by atoms with Crippen LogP contribution < -0.4 is 0 Å². The Morgan fingerprint density at radius 1 is 1.27 bits per heavy atom. The predicted molar refractivity (Wildman–Crippen MR) is 79.0 cm³/mol. The molecule has 0 aromatic heterocycles. The molecule has 1 aliphatic heterocycles. The molecule has 6 unspecified atom stereocenters. The SMILES string of the molecule is CCC1(OC2OC2C2CC34CC(OC(C)=O)C23C4)CCCC1. The van der Waals surface area contributed by atoms with Crippen molar-refractivity contribution in [3.05, 3.63) is 0 Å². The third kappa shape index (κ3) is 1.53. The Labute approximate surface area is 131 Å². The third-order valence-corrected chi connectivity index (χ3v) is 7.63. The lowest BCUT2D eigenvalue weighted by atomic mass is 9.50. The Bertz CT molecular complexity index is 525. The number of esters is 1. The van der Waals surface area contributed by atoms with Gasteiger partial charge in [0.15, 0.2) is 6.29 Å². The van der Waals surface area contributed by atoms with E-state index in [9.17, 15) is 4.79 Å². The van der Waals surface area contributed by atoms with Crippen LogP contribution in [0.15, 0.2) is 0 Å². The first-order chi connectivity index (χ1) is 10.5. The molecule has 0 aromatic rings. The molecule has 4 nitrogen and oxygen atoms in total. The van der Waals surface area contributed by atoms with Gasteiger partial charge in [-0.2, -0.15) is 0 Å². The van der Waals surface area contributed by atoms with Gasteiger partial charge in [0.05, 0.1) is 5.60 Å². The minimum atomic E-state index is -0.133. The summed E-state index contributed by atoms with van der Waals surface area (Å²) in [6.45, 7) is 3.76. The van der Waals surface area contributed by atoms with Crippen molar-refractivity contribution < 1.29 is 19.0 Å². The lowest BCUT2D eigenvalue weighted by Gasteiger charge is -2.56. The number of hydrogen-bond acceptors (Lipinski definition) is 4. The first-order valence-corrected chi connectivity index (χ1v) is 9.05. The van der Waals surface area contributed by atoms with Crippen LogP contribution in [0.1, 0.15) is 65.2 Å². The molecule has 0 radical (unpaired) electrons. The summed E-state index contributed by atoms with van der Waals surface area (Å²) in [7, 11) is 0. The molecule has 1 heterocycles. The minimum Gasteiger partial charge on any atom is -0.462 e. The maximum Gasteiger partial charge on any atom is 0.302 e. The lowest BCUT2D eigenvalue weighted by molar-refractivity contribution is -0.189. The number of carbonyl (C=O) groups is 1. The summed E-state index contributed by atoms with van der Waals surface area (Å²) in [5.41, 5.74) is 0.872. The first-order valence-electron chi connectivity index (χ1n) is 9.05. The topological polar surface area (TPSA) is 48.1 Å². The summed E-state index contributed by atoms with van der Waals surface area (Å²) in [6, 6.07) is 0. The van der Waals surface area contributed by atoms with Crippen LogP contribution in [-0.2, 0) is 19.0 Å². The van der Waals surface area contributed by atoms with Crippen molar-refractivity contribution in [2.24, 2.45) is 16.7 Å². The Balaban J connectivity index is 1.23. The van der Waals surface area contributed by atoms with Crippen LogP contribution in [0, 0.1) is 16.7 Å². The molecule has 0 spiro atoms. The average molecular weight is 306 g/mol. The Hall–Kier alpha value is -0.610. The molecule has 4 saturated carbocycles. The fourth-order valence-electron chi connectivity index (χ4n) is 6.29. The first kappa shape index (κ1) is 13.8. The fraction of sp³-hybridized carbons (Fsp3) is 0.944. The highest BCUT2D eigenvalue weighted by atomic mass is 16.8. The molecule has 1 saturated heterocycles. The van der Waals surface area contributed by atoms with E-state index in [-0.39, 0.29) is 35.5 Å². The van der Waals surface area contributed by atoms with E-state index in [0.717, 1.165) is 12.8 Å². The number of epoxide rings is 1. The number of ether oxygens (including phenoxy) is 3. The van der Waals surface area contributed by atoms with E-state index in [0.29, 0.717) is 11.3 Å². The van der Waals surface area contributed by atoms with Gasteiger partial charge in [-0.3, -0.25) is 4.79 Å². The summed E-state index contributed by atoms with van der Waals surface area (Å²) in [6.07, 6.45) is 10.1. The van der Waals surface area contributed by atoms with Gasteiger partial charge in [0.25, 0.3) is 0 Å². The molecule has 5 aliphatic rings. The third-order valence-electron chi connectivity index (χ3n) is 7.63. The summed E-state index contributed by atoms with van der Waals surface area (Å²) in [5, 5.41) is 0. The van der Waals surface area contributed by atoms with Gasteiger partial charge in [0, 0.05) is 18.3 Å². The van der Waals surface area contributed by atoms with Gasteiger partial charge in [-0.15, -0.1) is 0 Å². The molecule has 122 valence electrons. The Morgan fingerprint density at radius 2 is 2.05 bits per heavy atom. The second kappa shape index (κ2) is 4.07. The number of rotatable bonds is 5. The van der Waals surface area contributed by atoms with Crippen molar-refractivity contribution in [3.8, 4) is 0 Å². The minimum absolute atomic E-state index is 0.00889. The van der Waals surface area contributed by atoms with Crippen molar-refractivity contribution in [2.75, 3.05) is 0 Å². The van der Waals surface area contributed by atoms with Crippen molar-refractivity contribution in [2.45, 2.75) is 89.3 Å². The fourth-order valence-corrected chi connectivity index (χ4v) is 6.29. The van der Waals surface area contributed by atoms with Gasteiger partial charge in [-0.25, -0.2) is 0 Å². The van der Waals surface area contributed by atoms with Crippen molar-refractivity contribution in [3.63, 3.8) is 0 Å². The lowest BCUT2D eigenvalue weighted by Crippen LogP contribution is -2.58. The molecule has 0 bridgehead atoms. The molecule has 22 heavy (non-hydrogen) atoms. The van der Waals surface area contributed by atoms with Crippen LogP contribution in [0.5, 0.6) is 0 Å². The van der Waals surface area contributed by atoms with Crippen molar-refractivity contribution in [1.82, 2.24) is 0 Å². The van der Waals surface area contributed by atoms with Crippen LogP contribution in [0.3, 0.4) is 0 Å². The highest BCUT2D eigenvalue weighted by molar-refractivity contribution is 5.67. The van der Waals surface area contributed by atoms with E-state index < -0.39 is 0 Å². The molecule has 5 fully saturated rings. The monoisotopic (exact) mass is 306 g/mol. The van der Waals surface area contributed by atoms with E-state index >= 15 is 0 Å². The largest absolute Gasteiger partial charge is 0.462 e. The molecule has 0 amide bonds. The van der Waals surface area contributed by atoms with Gasteiger partial charge in [0.2, 0.25) is 0 Å². The maximum atomic E-state index is 11.3.